The summed E-state index contributed by atoms with van der Waals surface area (Å²) in [7, 11) is 8.83. The van der Waals surface area contributed by atoms with Crippen molar-refractivity contribution >= 4 is 86.2 Å². The predicted octanol–water partition coefficient (Wildman–Crippen LogP) is 21.9. The fourth-order valence-electron chi connectivity index (χ4n) is 15.9. The lowest BCUT2D eigenvalue weighted by molar-refractivity contribution is -0.883. The van der Waals surface area contributed by atoms with Crippen molar-refractivity contribution in [1.82, 2.24) is 24.3 Å². The third-order valence-corrected chi connectivity index (χ3v) is 22.7. The fraction of sp³-hybridized carbons (Fsp3) is 0.444. The van der Waals surface area contributed by atoms with Crippen LogP contribution < -0.4 is 57.1 Å². The van der Waals surface area contributed by atoms with Crippen molar-refractivity contribution in [2.24, 2.45) is 12.8 Å². The van der Waals surface area contributed by atoms with Crippen LogP contribution in [0.2, 0.25) is 0 Å². The summed E-state index contributed by atoms with van der Waals surface area (Å²) in [4.78, 5) is 106. The minimum atomic E-state index is -0.799. The molecule has 0 amide bonds. The molecule has 8 N–H and O–H groups in total. The average Bonchev–Trinajstić information content (AvgIpc) is 1.64. The SMILES string of the molecule is CCC/C=C/C(=O)OCC.CCC[C@@H](CC(=O)OCC)N(Cc1ccccc1)[C@@H](C)c1ccccc1.CCC[C@@H](CC(=O)OCC)Nc1ccccc1N.CCC[C@@H](CC(=O)OCC)Nc1ccccc1[N+](=O)[O-].CCC[C@@H](CC(=O)OCC)n1c(=O)[nH]c2ccccc21.CCC[C@H](N)CC(=O)OCC.C[C@H](NCc1ccccc1)c1ccccc1.Cc1cccc2c1c(C[N+](C)(C)C)cn2C.O=[N+]([O-])c1ccccc1F.[I-]. The molecule has 0 spiro atoms. The molecule has 7 atom stereocenters. The highest BCUT2D eigenvalue weighted by molar-refractivity contribution is 5.87. The van der Waals surface area contributed by atoms with Crippen molar-refractivity contribution in [3.8, 4) is 0 Å². The minimum absolute atomic E-state index is 0. The molecule has 11 rings (SSSR count). The van der Waals surface area contributed by atoms with Crippen LogP contribution in [0.1, 0.15) is 258 Å². The Bertz CT molecular complexity index is 5650. The number of allylic oxidation sites excluding steroid dienone is 1. The summed E-state index contributed by atoms with van der Waals surface area (Å²) in [5, 5.41) is 32.3. The second-order valence-corrected chi connectivity index (χ2v) is 36.0. The second-order valence-electron chi connectivity index (χ2n) is 36.0. The molecule has 31 heteroatoms. The number of quaternary nitrogens is 1. The first-order chi connectivity index (χ1) is 70.5. The smallest absolute Gasteiger partial charge is 0.330 e. The van der Waals surface area contributed by atoms with Crippen LogP contribution in [0.3, 0.4) is 0 Å². The van der Waals surface area contributed by atoms with Crippen molar-refractivity contribution in [1.29, 1.82) is 0 Å². The van der Waals surface area contributed by atoms with Gasteiger partial charge in [-0.3, -0.25) is 53.7 Å². The number of esters is 6. The van der Waals surface area contributed by atoms with Gasteiger partial charge < -0.3 is 93.8 Å². The van der Waals surface area contributed by atoms with Crippen LogP contribution in [-0.4, -0.2) is 154 Å². The van der Waals surface area contributed by atoms with Gasteiger partial charge in [0.2, 0.25) is 5.82 Å². The number of rotatable bonds is 47. The molecule has 0 bridgehead atoms. The van der Waals surface area contributed by atoms with E-state index in [1.165, 1.54) is 68.6 Å². The van der Waals surface area contributed by atoms with E-state index in [0.29, 0.717) is 76.3 Å². The van der Waals surface area contributed by atoms with Crippen LogP contribution in [0.15, 0.2) is 260 Å². The maximum absolute atomic E-state index is 12.4. The largest absolute Gasteiger partial charge is 1.00 e. The first kappa shape index (κ1) is 131. The third-order valence-electron chi connectivity index (χ3n) is 22.7. The van der Waals surface area contributed by atoms with E-state index < -0.39 is 21.4 Å². The zero-order valence-electron chi connectivity index (χ0n) is 90.7. The van der Waals surface area contributed by atoms with Gasteiger partial charge >= 0.3 is 47.2 Å². The van der Waals surface area contributed by atoms with Crippen molar-refractivity contribution in [2.75, 3.05) is 77.2 Å². The number of anilines is 3. The Hall–Kier alpha value is -13.0. The number of fused-ring (bicyclic) bond motifs is 2. The number of nitrogens with zero attached hydrogens (tertiary/aromatic N) is 6. The van der Waals surface area contributed by atoms with Crippen LogP contribution >= 0.6 is 0 Å². The number of benzene rings is 9. The van der Waals surface area contributed by atoms with Crippen LogP contribution in [0.25, 0.3) is 21.9 Å². The molecule has 29 nitrogen and oxygen atoms in total. The number of hydrogen-bond donors (Lipinski definition) is 6. The van der Waals surface area contributed by atoms with Gasteiger partial charge in [-0.05, 0) is 171 Å². The standard InChI is InChI=1S/C23H31NO2.C15H20N2O3.C15H17N.C14H20N2O4.C14H22N2O2.C14H21N2.C8H17NO2.C8H14O2.C6H4FNO2.HI/c1-4-12-22(17-23(25)26-5-2)24(18-20-13-8-6-9-14-20)19(3)21-15-10-7-11-16-21;1-3-7-11(10-14(18)20-4-2)17-13-9-6-5-8-12(13)16-15(17)19;1-13(15-10-6-3-7-11-15)16-12-14-8-4-2-5-9-14;1-3-7-11(10-14(17)20-4-2)15-12-8-5-6-9-13(12)16(18)19;1-3-7-11(10-14(17)18-4-2)16-13-9-6-5-8-12(13)15;1-11-7-6-8-13-14(11)12(9-15(13)2)10-16(3,4)5;1-3-5-7(9)6-8(10)11-4-2;1-3-5-6-7-8(9)10-4-2;7-5-3-1-2-4-6(5)8(9)10;/h6-11,13-16,19,22H,4-5,12,17-18H2,1-3H3;5-6,8-9,11H,3-4,7,10H2,1-2H3,(H,16,19);2-11,13,16H,12H2,1H3;5-6,8-9,11,15H,3-4,7,10H2,1-2H3;5-6,8-9,11,16H,3-4,7,10,15H2,1-2H3;6-9H,10H2,1-5H3;7H,3-6,9H2,1-2H3;6-7H,3-5H2,1-2H3;1-4H;1H/q;;;;;+1;;;;/p-1/b;;;;;;;7-6+;;/t19-,22-;11-;13-;2*11-;;7-;;;/m00000.0.../s1. The van der Waals surface area contributed by atoms with Gasteiger partial charge in [-0.15, -0.1) is 0 Å². The highest BCUT2D eigenvalue weighted by atomic mass is 127. The van der Waals surface area contributed by atoms with Gasteiger partial charge in [0.05, 0.1) is 125 Å². The van der Waals surface area contributed by atoms with Crippen molar-refractivity contribution in [3.05, 3.63) is 325 Å². The molecule has 0 radical (unpaired) electrons. The molecule has 148 heavy (non-hydrogen) atoms. The van der Waals surface area contributed by atoms with Crippen LogP contribution in [0, 0.1) is 33.0 Å². The van der Waals surface area contributed by atoms with Gasteiger partial charge in [0, 0.05) is 103 Å². The lowest BCUT2D eigenvalue weighted by Gasteiger charge is -2.36. The van der Waals surface area contributed by atoms with E-state index in [4.69, 9.17) is 35.2 Å². The van der Waals surface area contributed by atoms with Gasteiger partial charge in [0.1, 0.15) is 12.2 Å². The molecular formula is C117H166FIN12O17. The van der Waals surface area contributed by atoms with Crippen LogP contribution in [-0.2, 0) is 83.9 Å². The number of H-pyrrole nitrogens is 1. The number of nitrogens with one attached hydrogen (secondary N) is 4. The number of ether oxygens (including phenoxy) is 6. The highest BCUT2D eigenvalue weighted by Crippen LogP contribution is 2.32. The number of aromatic nitrogens is 3. The molecule has 0 saturated heterocycles. The summed E-state index contributed by atoms with van der Waals surface area (Å²) >= 11 is 0. The third kappa shape index (κ3) is 53.1. The Kier molecular flexibility index (Phi) is 67.8. The molecule has 810 valence electrons. The Labute approximate surface area is 894 Å². The number of carbonyl (C=O) groups excluding carboxylic acids is 6. The van der Waals surface area contributed by atoms with Crippen molar-refractivity contribution in [2.45, 2.75) is 275 Å². The fourth-order valence-corrected chi connectivity index (χ4v) is 15.9. The van der Waals surface area contributed by atoms with Gasteiger partial charge in [-0.1, -0.05) is 268 Å². The summed E-state index contributed by atoms with van der Waals surface area (Å²) in [6.45, 7) is 35.1. The van der Waals surface area contributed by atoms with Gasteiger partial charge in [0.25, 0.3) is 5.69 Å². The number of nitro groups is 2. The Morgan fingerprint density at radius 3 is 1.43 bits per heavy atom. The van der Waals surface area contributed by atoms with E-state index in [0.717, 1.165) is 130 Å². The van der Waals surface area contributed by atoms with Gasteiger partial charge in [0.15, 0.2) is 0 Å². The normalized spacial score (nSPS) is 12.0. The second kappa shape index (κ2) is 76.6. The lowest BCUT2D eigenvalue weighted by atomic mass is 9.99. The van der Waals surface area contributed by atoms with E-state index in [1.54, 1.807) is 50.5 Å². The summed E-state index contributed by atoms with van der Waals surface area (Å²) in [5.74, 6) is -2.06. The number of halogens is 2. The van der Waals surface area contributed by atoms with Crippen molar-refractivity contribution in [3.63, 3.8) is 0 Å². The molecule has 0 aliphatic rings. The molecule has 0 aliphatic heterocycles. The molecular weight excluding hydrogens is 1990 g/mol. The molecule has 2 heterocycles. The summed E-state index contributed by atoms with van der Waals surface area (Å²) < 4.78 is 46.8. The molecule has 0 saturated carbocycles. The first-order valence-electron chi connectivity index (χ1n) is 51.6. The Morgan fingerprint density at radius 2 is 0.932 bits per heavy atom. The zero-order chi connectivity index (χ0) is 109. The van der Waals surface area contributed by atoms with Crippen LogP contribution in [0.4, 0.5) is 32.8 Å². The quantitative estimate of drug-likeness (QED) is 0.00301. The topological polar surface area (TPSA) is 378 Å². The zero-order valence-corrected chi connectivity index (χ0v) is 92.9. The molecule has 0 aliphatic carbocycles. The molecule has 2 aromatic heterocycles. The predicted molar refractivity (Wildman–Crippen MR) is 591 cm³/mol. The van der Waals surface area contributed by atoms with Gasteiger partial charge in [-0.25, -0.2) is 9.59 Å². The summed E-state index contributed by atoms with van der Waals surface area (Å²) in [6.07, 6.45) is 18.3. The van der Waals surface area contributed by atoms with E-state index >= 15 is 0 Å². The minimum Gasteiger partial charge on any atom is -1.00 e. The summed E-state index contributed by atoms with van der Waals surface area (Å²) in [5.41, 5.74) is 23.8. The summed E-state index contributed by atoms with van der Waals surface area (Å²) in [6, 6.07) is 75.5. The lowest BCUT2D eigenvalue weighted by Crippen LogP contribution is -3.00. The number of imidazole rings is 1. The Balaban J connectivity index is 0.000000570. The number of hydrogen-bond acceptors (Lipinski definition) is 23. The van der Waals surface area contributed by atoms with E-state index in [9.17, 15) is 58.2 Å². The molecule has 9 aromatic carbocycles. The number of aromatic amines is 1. The number of carbonyl (C=O) groups is 6. The van der Waals surface area contributed by atoms with Crippen LogP contribution in [0.5, 0.6) is 0 Å². The van der Waals surface area contributed by atoms with E-state index in [-0.39, 0.29) is 120 Å². The van der Waals surface area contributed by atoms with E-state index in [1.807, 2.05) is 113 Å². The molecule has 0 unspecified atom stereocenters. The number of para-hydroxylation sites is 7. The number of nitro benzene ring substituents is 2. The number of unbranched alkanes of at least 4 members (excludes halogenated alkanes) is 1. The average molecular weight is 2160 g/mol. The van der Waals surface area contributed by atoms with Gasteiger partial charge in [-0.2, -0.15) is 4.39 Å². The van der Waals surface area contributed by atoms with E-state index in [2.05, 4.69) is 226 Å². The monoisotopic (exact) mass is 2160 g/mol. The number of nitrogen functional groups attached to an aromatic ring is 1. The van der Waals surface area contributed by atoms with Crippen molar-refractivity contribution < 1.29 is 99.9 Å². The molecule has 0 fully saturated rings. The molecule has 11 aromatic rings. The Morgan fingerprint density at radius 1 is 0.493 bits per heavy atom. The maximum Gasteiger partial charge on any atom is 0.330 e. The highest BCUT2D eigenvalue weighted by Gasteiger charge is 2.29. The first-order valence-corrected chi connectivity index (χ1v) is 51.6. The number of nitrogens with two attached hydrogens (primary N) is 2. The number of aryl methyl sites for hydroxylation is 2. The maximum atomic E-state index is 12.4.